The van der Waals surface area contributed by atoms with Crippen LogP contribution in [0.1, 0.15) is 71.5 Å². The summed E-state index contributed by atoms with van der Waals surface area (Å²) in [5.41, 5.74) is 6.94. The van der Waals surface area contributed by atoms with E-state index in [2.05, 4.69) is 26.2 Å². The molecule has 164 valence electrons. The molecule has 0 aromatic heterocycles. The zero-order valence-corrected chi connectivity index (χ0v) is 19.2. The molecule has 2 aromatic carbocycles. The van der Waals surface area contributed by atoms with Crippen LogP contribution >= 0.6 is 0 Å². The van der Waals surface area contributed by atoms with Crippen molar-refractivity contribution in [1.82, 2.24) is 10.4 Å². The van der Waals surface area contributed by atoms with Crippen LogP contribution in [-0.2, 0) is 11.3 Å². The van der Waals surface area contributed by atoms with Gasteiger partial charge in [-0.25, -0.2) is 5.01 Å². The van der Waals surface area contributed by atoms with Gasteiger partial charge in [-0.05, 0) is 61.0 Å². The molecule has 6 nitrogen and oxygen atoms in total. The Morgan fingerprint density at radius 1 is 1.13 bits per heavy atom. The first-order valence-corrected chi connectivity index (χ1v) is 10.7. The van der Waals surface area contributed by atoms with E-state index in [1.54, 1.807) is 18.2 Å². The van der Waals surface area contributed by atoms with Crippen molar-refractivity contribution in [2.24, 2.45) is 5.41 Å². The van der Waals surface area contributed by atoms with Gasteiger partial charge >= 0.3 is 7.12 Å². The monoisotopic (exact) mass is 422 g/mol. The molecular formula is C24H31BN2O4. The van der Waals surface area contributed by atoms with Crippen molar-refractivity contribution in [3.05, 3.63) is 64.2 Å². The number of carbonyl (C=O) groups is 2. The average Bonchev–Trinajstić information content (AvgIpc) is 3.05. The number of nitrogens with zero attached hydrogens (tertiary/aromatic N) is 1. The van der Waals surface area contributed by atoms with Crippen molar-refractivity contribution in [3.8, 4) is 0 Å². The average molecular weight is 422 g/mol. The molecule has 0 saturated heterocycles. The fourth-order valence-corrected chi connectivity index (χ4v) is 4.22. The van der Waals surface area contributed by atoms with Crippen molar-refractivity contribution in [1.29, 1.82) is 0 Å². The maximum absolute atomic E-state index is 13.6. The number of aryl methyl sites for hydroxylation is 2. The quantitative estimate of drug-likeness (QED) is 0.586. The lowest BCUT2D eigenvalue weighted by molar-refractivity contribution is 0.0285. The Bertz CT molecular complexity index is 979. The van der Waals surface area contributed by atoms with Crippen LogP contribution in [0.25, 0.3) is 0 Å². The van der Waals surface area contributed by atoms with E-state index < -0.39 is 13.0 Å². The Labute approximate surface area is 184 Å². The number of hydrogen-bond donors (Lipinski definition) is 2. The number of rotatable bonds is 4. The summed E-state index contributed by atoms with van der Waals surface area (Å²) in [5, 5.41) is 11.4. The Morgan fingerprint density at radius 2 is 1.77 bits per heavy atom. The van der Waals surface area contributed by atoms with Crippen LogP contribution in [0.4, 0.5) is 0 Å². The first kappa shape index (κ1) is 23.0. The minimum atomic E-state index is -1.03. The lowest BCUT2D eigenvalue weighted by atomic mass is 9.79. The molecule has 0 fully saturated rings. The van der Waals surface area contributed by atoms with Crippen LogP contribution in [0, 0.1) is 19.3 Å². The van der Waals surface area contributed by atoms with Crippen LogP contribution in [0.15, 0.2) is 36.4 Å². The standard InChI is InChI=1S/C24H31BN2O4/c1-7-21(24(4,5)6)27(23(29)19-11-15(2)10-16(3)12-19)26-22(28)17-8-9-18-14-31-25(30)20(18)13-17/h8-13,21,30H,7,14H2,1-6H3,(H,26,28)/t21-/m0/s1. The number of amides is 2. The molecule has 1 heterocycles. The minimum absolute atomic E-state index is 0.215. The van der Waals surface area contributed by atoms with Crippen LogP contribution < -0.4 is 10.9 Å². The zero-order chi connectivity index (χ0) is 22.9. The van der Waals surface area contributed by atoms with Gasteiger partial charge in [-0.15, -0.1) is 0 Å². The molecule has 0 bridgehead atoms. The molecular weight excluding hydrogens is 391 g/mol. The van der Waals surface area contributed by atoms with E-state index in [0.717, 1.165) is 16.7 Å². The summed E-state index contributed by atoms with van der Waals surface area (Å²) < 4.78 is 5.22. The topological polar surface area (TPSA) is 78.9 Å². The first-order chi connectivity index (χ1) is 14.5. The molecule has 2 amide bonds. The van der Waals surface area contributed by atoms with Gasteiger partial charge in [0.2, 0.25) is 0 Å². The largest absolute Gasteiger partial charge is 0.491 e. The van der Waals surface area contributed by atoms with E-state index in [1.807, 2.05) is 39.0 Å². The summed E-state index contributed by atoms with van der Waals surface area (Å²) in [7, 11) is -1.03. The van der Waals surface area contributed by atoms with Crippen LogP contribution in [0.2, 0.25) is 0 Å². The molecule has 7 heteroatoms. The third-order valence-electron chi connectivity index (χ3n) is 5.68. The maximum Gasteiger partial charge on any atom is 0.491 e. The molecule has 31 heavy (non-hydrogen) atoms. The second kappa shape index (κ2) is 8.85. The molecule has 2 aromatic rings. The highest BCUT2D eigenvalue weighted by molar-refractivity contribution is 6.61. The molecule has 3 rings (SSSR count). The minimum Gasteiger partial charge on any atom is -0.423 e. The summed E-state index contributed by atoms with van der Waals surface area (Å²) >= 11 is 0. The van der Waals surface area contributed by atoms with Crippen LogP contribution in [0.5, 0.6) is 0 Å². The van der Waals surface area contributed by atoms with E-state index in [0.29, 0.717) is 29.6 Å². The lowest BCUT2D eigenvalue weighted by Crippen LogP contribution is -2.56. The lowest BCUT2D eigenvalue weighted by Gasteiger charge is -2.39. The highest BCUT2D eigenvalue weighted by Gasteiger charge is 2.35. The van der Waals surface area contributed by atoms with Crippen LogP contribution in [0.3, 0.4) is 0 Å². The van der Waals surface area contributed by atoms with E-state index in [4.69, 9.17) is 4.65 Å². The SMILES string of the molecule is CC[C@H](N(NC(=O)c1ccc2c(c1)B(O)OC2)C(=O)c1cc(C)cc(C)c1)C(C)(C)C. The Morgan fingerprint density at radius 3 is 2.35 bits per heavy atom. The van der Waals surface area contributed by atoms with Gasteiger partial charge in [-0.1, -0.05) is 51.0 Å². The smallest absolute Gasteiger partial charge is 0.423 e. The predicted octanol–water partition coefficient (Wildman–Crippen LogP) is 3.13. The molecule has 0 unspecified atom stereocenters. The Hall–Kier alpha value is -2.64. The van der Waals surface area contributed by atoms with E-state index in [1.165, 1.54) is 5.01 Å². The van der Waals surface area contributed by atoms with Crippen molar-refractivity contribution < 1.29 is 19.3 Å². The number of carbonyl (C=O) groups excluding carboxylic acids is 2. The van der Waals surface area contributed by atoms with Gasteiger partial charge < -0.3 is 9.68 Å². The third-order valence-corrected chi connectivity index (χ3v) is 5.68. The van der Waals surface area contributed by atoms with Crippen molar-refractivity contribution in [2.45, 2.75) is 60.6 Å². The second-order valence-electron chi connectivity index (χ2n) is 9.36. The molecule has 2 N–H and O–H groups in total. The van der Waals surface area contributed by atoms with Gasteiger partial charge in [0.15, 0.2) is 0 Å². The Balaban J connectivity index is 1.96. The molecule has 1 aliphatic heterocycles. The fourth-order valence-electron chi connectivity index (χ4n) is 4.22. The predicted molar refractivity (Wildman–Crippen MR) is 122 cm³/mol. The van der Waals surface area contributed by atoms with Gasteiger partial charge in [0, 0.05) is 11.1 Å². The number of fused-ring (bicyclic) bond motifs is 1. The highest BCUT2D eigenvalue weighted by Crippen LogP contribution is 2.28. The normalized spacial score (nSPS) is 14.2. The molecule has 0 aliphatic carbocycles. The summed E-state index contributed by atoms with van der Waals surface area (Å²) in [4.78, 5) is 26.7. The van der Waals surface area contributed by atoms with Crippen molar-refractivity contribution in [2.75, 3.05) is 0 Å². The van der Waals surface area contributed by atoms with Gasteiger partial charge in [-0.3, -0.25) is 15.0 Å². The first-order valence-electron chi connectivity index (χ1n) is 10.7. The number of hydrogen-bond acceptors (Lipinski definition) is 4. The summed E-state index contributed by atoms with van der Waals surface area (Å²) in [5.74, 6) is -0.645. The van der Waals surface area contributed by atoms with E-state index in [-0.39, 0.29) is 17.4 Å². The van der Waals surface area contributed by atoms with Crippen LogP contribution in [-0.4, -0.2) is 35.0 Å². The van der Waals surface area contributed by atoms with Crippen molar-refractivity contribution in [3.63, 3.8) is 0 Å². The number of benzene rings is 2. The zero-order valence-electron chi connectivity index (χ0n) is 19.2. The highest BCUT2D eigenvalue weighted by atomic mass is 16.5. The summed E-state index contributed by atoms with van der Waals surface area (Å²) in [6.07, 6.45) is 0.678. The number of hydrazine groups is 1. The second-order valence-corrected chi connectivity index (χ2v) is 9.36. The van der Waals surface area contributed by atoms with Gasteiger partial charge in [0.1, 0.15) is 0 Å². The Kier molecular flexibility index (Phi) is 6.58. The summed E-state index contributed by atoms with van der Waals surface area (Å²) in [6, 6.07) is 10.6. The molecule has 0 spiro atoms. The maximum atomic E-state index is 13.6. The number of nitrogens with one attached hydrogen (secondary N) is 1. The molecule has 0 radical (unpaired) electrons. The van der Waals surface area contributed by atoms with Gasteiger partial charge in [0.05, 0.1) is 12.6 Å². The third kappa shape index (κ3) is 5.00. The van der Waals surface area contributed by atoms with E-state index in [9.17, 15) is 14.6 Å². The molecule has 1 atom stereocenters. The fraction of sp³-hybridized carbons (Fsp3) is 0.417. The van der Waals surface area contributed by atoms with Gasteiger partial charge in [0.25, 0.3) is 11.8 Å². The summed E-state index contributed by atoms with van der Waals surface area (Å²) in [6.45, 7) is 12.4. The van der Waals surface area contributed by atoms with Gasteiger partial charge in [-0.2, -0.15) is 0 Å². The van der Waals surface area contributed by atoms with E-state index >= 15 is 0 Å². The molecule has 1 aliphatic rings. The molecule has 0 saturated carbocycles. The van der Waals surface area contributed by atoms with Crippen molar-refractivity contribution >= 4 is 24.4 Å².